The summed E-state index contributed by atoms with van der Waals surface area (Å²) >= 11 is 9.22. The second-order valence-electron chi connectivity index (χ2n) is 7.33. The molecule has 0 amide bonds. The first-order valence-corrected chi connectivity index (χ1v) is 10.5. The fourth-order valence-corrected chi connectivity index (χ4v) is 4.82. The van der Waals surface area contributed by atoms with Gasteiger partial charge in [0.05, 0.1) is 6.04 Å². The third-order valence-corrected chi connectivity index (χ3v) is 6.14. The number of nitrogens with one attached hydrogen (secondary N) is 1. The Hall–Kier alpha value is -2.38. The number of halogens is 1. The van der Waals surface area contributed by atoms with Gasteiger partial charge < -0.3 is 14.8 Å². The van der Waals surface area contributed by atoms with E-state index in [0.29, 0.717) is 10.9 Å². The van der Waals surface area contributed by atoms with Crippen LogP contribution >= 0.6 is 28.1 Å². The van der Waals surface area contributed by atoms with E-state index in [0.717, 1.165) is 21.3 Å². The lowest BCUT2D eigenvalue weighted by atomic mass is 9.79. The molecule has 0 aromatic heterocycles. The summed E-state index contributed by atoms with van der Waals surface area (Å²) in [6.45, 7) is 7.68. The predicted octanol–water partition coefficient (Wildman–Crippen LogP) is 4.65. The molecular weight excluding hydrogens is 452 g/mol. The number of hydrogen-bond acceptors (Lipinski definition) is 4. The molecule has 1 N–H and O–H groups in total. The topological polar surface area (TPSA) is 50.8 Å². The van der Waals surface area contributed by atoms with Crippen molar-refractivity contribution in [1.29, 1.82) is 0 Å². The molecule has 2 aliphatic heterocycles. The van der Waals surface area contributed by atoms with Gasteiger partial charge in [-0.3, -0.25) is 9.69 Å². The van der Waals surface area contributed by atoms with Crippen molar-refractivity contribution in [3.8, 4) is 5.75 Å². The first kappa shape index (κ1) is 19.9. The minimum Gasteiger partial charge on any atom is -0.466 e. The van der Waals surface area contributed by atoms with Crippen molar-refractivity contribution in [2.75, 3.05) is 11.5 Å². The van der Waals surface area contributed by atoms with Crippen molar-refractivity contribution >= 4 is 44.9 Å². The number of aryl methyl sites for hydroxylation is 1. The fraction of sp³-hybridized carbons (Fsp3) is 0.273. The molecule has 2 bridgehead atoms. The maximum Gasteiger partial charge on any atom is 0.317 e. The number of fused-ring (bicyclic) bond motifs is 4. The van der Waals surface area contributed by atoms with Crippen LogP contribution in [-0.2, 0) is 9.53 Å². The molecule has 0 saturated carbocycles. The minimum absolute atomic E-state index is 0.137. The van der Waals surface area contributed by atoms with Crippen molar-refractivity contribution in [3.05, 3.63) is 70.7 Å². The van der Waals surface area contributed by atoms with E-state index >= 15 is 0 Å². The zero-order valence-corrected chi connectivity index (χ0v) is 18.5. The lowest BCUT2D eigenvalue weighted by molar-refractivity contribution is -0.159. The van der Waals surface area contributed by atoms with E-state index < -0.39 is 11.6 Å². The SMILES string of the molecule is C=CCOC(=O)[C@@H]1[C@H]2NC(=S)N(c3ccc(C)cc3)[C@@]1(C)Oc1ccc(Br)cc12. The Kier molecular flexibility index (Phi) is 5.12. The number of anilines is 1. The Bertz CT molecular complexity index is 994. The van der Waals surface area contributed by atoms with E-state index in [4.69, 9.17) is 21.7 Å². The Balaban J connectivity index is 1.86. The second-order valence-corrected chi connectivity index (χ2v) is 8.64. The van der Waals surface area contributed by atoms with Crippen molar-refractivity contribution in [2.45, 2.75) is 25.6 Å². The number of benzene rings is 2. The first-order valence-electron chi connectivity index (χ1n) is 9.28. The van der Waals surface area contributed by atoms with Crippen LogP contribution in [0.15, 0.2) is 59.6 Å². The van der Waals surface area contributed by atoms with Crippen molar-refractivity contribution in [3.63, 3.8) is 0 Å². The number of nitrogens with zero attached hydrogens (tertiary/aromatic N) is 1. The zero-order valence-electron chi connectivity index (χ0n) is 16.1. The van der Waals surface area contributed by atoms with E-state index in [1.807, 2.05) is 61.2 Å². The van der Waals surface area contributed by atoms with Gasteiger partial charge in [0.1, 0.15) is 18.3 Å². The number of carbonyl (C=O) groups is 1. The molecule has 29 heavy (non-hydrogen) atoms. The Morgan fingerprint density at radius 1 is 1.38 bits per heavy atom. The van der Waals surface area contributed by atoms with Gasteiger partial charge in [-0.15, -0.1) is 0 Å². The molecule has 3 atom stereocenters. The molecule has 2 aromatic carbocycles. The Morgan fingerprint density at radius 3 is 2.79 bits per heavy atom. The van der Waals surface area contributed by atoms with Crippen LogP contribution in [-0.4, -0.2) is 23.4 Å². The first-order chi connectivity index (χ1) is 13.8. The Morgan fingerprint density at radius 2 is 2.10 bits per heavy atom. The van der Waals surface area contributed by atoms with E-state index in [-0.39, 0.29) is 18.6 Å². The van der Waals surface area contributed by atoms with Crippen LogP contribution in [0.3, 0.4) is 0 Å². The van der Waals surface area contributed by atoms with Gasteiger partial charge in [-0.2, -0.15) is 0 Å². The molecule has 150 valence electrons. The van der Waals surface area contributed by atoms with Crippen LogP contribution < -0.4 is 15.0 Å². The standard InChI is InChI=1S/C22H21BrN2O3S/c1-4-11-27-20(26)18-19-16-12-14(23)7-10-17(16)28-22(18,3)25(21(29)24-19)15-8-5-13(2)6-9-15/h4-10,12,18-19H,1,11H2,2-3H3,(H,24,29)/t18-,19-,22-/m0/s1. The van der Waals surface area contributed by atoms with Crippen molar-refractivity contribution in [1.82, 2.24) is 5.32 Å². The number of rotatable bonds is 4. The minimum atomic E-state index is -1.05. The highest BCUT2D eigenvalue weighted by molar-refractivity contribution is 9.10. The maximum atomic E-state index is 13.1. The van der Waals surface area contributed by atoms with Gasteiger partial charge in [0.15, 0.2) is 5.11 Å². The van der Waals surface area contributed by atoms with E-state index in [9.17, 15) is 4.79 Å². The highest BCUT2D eigenvalue weighted by Gasteiger charge is 2.59. The van der Waals surface area contributed by atoms with Gasteiger partial charge >= 0.3 is 5.97 Å². The molecule has 7 heteroatoms. The largest absolute Gasteiger partial charge is 0.466 e. The quantitative estimate of drug-likeness (QED) is 0.397. The summed E-state index contributed by atoms with van der Waals surface area (Å²) in [5.74, 6) is -0.298. The van der Waals surface area contributed by atoms with Gasteiger partial charge in [0.25, 0.3) is 0 Å². The molecule has 4 rings (SSSR count). The summed E-state index contributed by atoms with van der Waals surface area (Å²) in [5, 5.41) is 3.86. The highest BCUT2D eigenvalue weighted by atomic mass is 79.9. The second kappa shape index (κ2) is 7.46. The fourth-order valence-electron chi connectivity index (χ4n) is 4.03. The van der Waals surface area contributed by atoms with E-state index in [1.54, 1.807) is 6.08 Å². The van der Waals surface area contributed by atoms with E-state index in [2.05, 4.69) is 27.8 Å². The molecule has 0 aliphatic carbocycles. The number of hydrogen-bond donors (Lipinski definition) is 1. The van der Waals surface area contributed by atoms with Crippen LogP contribution in [0.25, 0.3) is 0 Å². The molecule has 2 aromatic rings. The molecule has 2 aliphatic rings. The summed E-state index contributed by atoms with van der Waals surface area (Å²) in [7, 11) is 0. The highest BCUT2D eigenvalue weighted by Crippen LogP contribution is 2.50. The summed E-state index contributed by atoms with van der Waals surface area (Å²) in [6, 6.07) is 13.4. The summed E-state index contributed by atoms with van der Waals surface area (Å²) < 4.78 is 12.8. The number of esters is 1. The van der Waals surface area contributed by atoms with Crippen molar-refractivity contribution < 1.29 is 14.3 Å². The lowest BCUT2D eigenvalue weighted by Gasteiger charge is -2.55. The molecule has 0 radical (unpaired) electrons. The molecule has 0 spiro atoms. The van der Waals surface area contributed by atoms with Crippen LogP contribution in [0.1, 0.15) is 24.1 Å². The third kappa shape index (κ3) is 3.32. The van der Waals surface area contributed by atoms with Crippen LogP contribution in [0.2, 0.25) is 0 Å². The summed E-state index contributed by atoms with van der Waals surface area (Å²) in [4.78, 5) is 15.0. The van der Waals surface area contributed by atoms with Gasteiger partial charge in [-0.1, -0.05) is 46.3 Å². The van der Waals surface area contributed by atoms with Crippen molar-refractivity contribution in [2.24, 2.45) is 5.92 Å². The van der Waals surface area contributed by atoms with Crippen LogP contribution in [0, 0.1) is 12.8 Å². The zero-order chi connectivity index (χ0) is 20.8. The number of ether oxygens (including phenoxy) is 2. The summed E-state index contributed by atoms with van der Waals surface area (Å²) in [5.41, 5.74) is 1.79. The van der Waals surface area contributed by atoms with E-state index in [1.165, 1.54) is 0 Å². The maximum absolute atomic E-state index is 13.1. The van der Waals surface area contributed by atoms with Gasteiger partial charge in [0.2, 0.25) is 5.72 Å². The molecule has 5 nitrogen and oxygen atoms in total. The van der Waals surface area contributed by atoms with Crippen LogP contribution in [0.4, 0.5) is 5.69 Å². The third-order valence-electron chi connectivity index (χ3n) is 5.35. The smallest absolute Gasteiger partial charge is 0.317 e. The molecule has 2 heterocycles. The van der Waals surface area contributed by atoms with Gasteiger partial charge in [-0.25, -0.2) is 0 Å². The lowest BCUT2D eigenvalue weighted by Crippen LogP contribution is -2.71. The predicted molar refractivity (Wildman–Crippen MR) is 120 cm³/mol. The average Bonchev–Trinajstić information content (AvgIpc) is 2.68. The normalized spacial score (nSPS) is 24.8. The number of thiocarbonyl (C=S) groups is 1. The monoisotopic (exact) mass is 472 g/mol. The Labute approximate surface area is 183 Å². The average molecular weight is 473 g/mol. The number of carbonyl (C=O) groups excluding carboxylic acids is 1. The summed E-state index contributed by atoms with van der Waals surface area (Å²) in [6.07, 6.45) is 1.56. The molecule has 1 fully saturated rings. The molecule has 1 saturated heterocycles. The van der Waals surface area contributed by atoms with Gasteiger partial charge in [-0.05, 0) is 56.4 Å². The molecular formula is C22H21BrN2O3S. The molecule has 0 unspecified atom stereocenters. The van der Waals surface area contributed by atoms with Gasteiger partial charge in [0, 0.05) is 15.7 Å². The van der Waals surface area contributed by atoms with Crippen LogP contribution in [0.5, 0.6) is 5.75 Å².